The summed E-state index contributed by atoms with van der Waals surface area (Å²) in [7, 11) is 3.96. The van der Waals surface area contributed by atoms with E-state index in [1.165, 1.54) is 17.4 Å². The molecule has 0 spiro atoms. The number of likely N-dealkylation sites (N-methyl/N-ethyl adjacent to an activating group) is 1. The number of aryl methyl sites for hydroxylation is 1. The number of nitrogen functional groups attached to an aromatic ring is 1. The van der Waals surface area contributed by atoms with Crippen LogP contribution in [0.1, 0.15) is 35.6 Å². The van der Waals surface area contributed by atoms with Gasteiger partial charge in [0.15, 0.2) is 0 Å². The largest absolute Gasteiger partial charge is 0.394 e. The number of ether oxygens (including phenoxy) is 1. The van der Waals surface area contributed by atoms with Gasteiger partial charge in [-0.1, -0.05) is 6.92 Å². The summed E-state index contributed by atoms with van der Waals surface area (Å²) < 4.78 is 22.4. The molecule has 2 aliphatic heterocycles. The van der Waals surface area contributed by atoms with E-state index in [9.17, 15) is 10.4 Å². The number of fused-ring (bicyclic) bond motifs is 4. The molecule has 2 aromatic heterocycles. The molecule has 0 saturated carbocycles. The number of halogens is 1. The van der Waals surface area contributed by atoms with Gasteiger partial charge in [-0.2, -0.15) is 5.26 Å². The Labute approximate surface area is 224 Å². The molecular formula is C28H29FN6O2S. The molecule has 0 amide bonds. The van der Waals surface area contributed by atoms with Crippen LogP contribution in [0.5, 0.6) is 0 Å². The van der Waals surface area contributed by atoms with Gasteiger partial charge < -0.3 is 20.5 Å². The van der Waals surface area contributed by atoms with E-state index in [4.69, 9.17) is 20.4 Å². The highest BCUT2D eigenvalue weighted by molar-refractivity contribution is 7.23. The van der Waals surface area contributed by atoms with Crippen LogP contribution in [0.2, 0.25) is 0 Å². The first kappa shape index (κ1) is 24.9. The third-order valence-electron chi connectivity index (χ3n) is 8.25. The van der Waals surface area contributed by atoms with Crippen LogP contribution < -0.4 is 10.6 Å². The lowest BCUT2D eigenvalue weighted by Crippen LogP contribution is -2.49. The fraction of sp³-hybridized carbons (Fsp3) is 0.393. The van der Waals surface area contributed by atoms with Crippen LogP contribution in [0.15, 0.2) is 18.3 Å². The minimum Gasteiger partial charge on any atom is -0.394 e. The molecule has 0 bridgehead atoms. The number of rotatable bonds is 5. The van der Waals surface area contributed by atoms with Crippen LogP contribution >= 0.6 is 11.3 Å². The summed E-state index contributed by atoms with van der Waals surface area (Å²) in [5, 5.41) is 21.9. The Morgan fingerprint density at radius 3 is 2.76 bits per heavy atom. The van der Waals surface area contributed by atoms with Gasteiger partial charge in [0.1, 0.15) is 16.9 Å². The topological polar surface area (TPSA) is 112 Å². The second-order valence-electron chi connectivity index (χ2n) is 10.3. The zero-order chi connectivity index (χ0) is 26.8. The number of aromatic nitrogens is 2. The molecule has 1 unspecified atom stereocenters. The smallest absolute Gasteiger partial charge is 0.225 e. The molecule has 0 aliphatic carbocycles. The predicted octanol–water partition coefficient (Wildman–Crippen LogP) is 4.20. The highest BCUT2D eigenvalue weighted by Gasteiger charge is 2.41. The second-order valence-corrected chi connectivity index (χ2v) is 11.4. The summed E-state index contributed by atoms with van der Waals surface area (Å²) in [5.74, 6) is 0.188. The normalized spacial score (nSPS) is 19.1. The van der Waals surface area contributed by atoms with Gasteiger partial charge in [0.05, 0.1) is 36.4 Å². The Morgan fingerprint density at radius 1 is 1.29 bits per heavy atom. The predicted molar refractivity (Wildman–Crippen MR) is 148 cm³/mol. The fourth-order valence-electron chi connectivity index (χ4n) is 6.02. The van der Waals surface area contributed by atoms with E-state index < -0.39 is 5.82 Å². The van der Waals surface area contributed by atoms with Crippen LogP contribution in [-0.2, 0) is 24.4 Å². The molecule has 196 valence electrons. The Kier molecular flexibility index (Phi) is 6.00. The molecule has 1 fully saturated rings. The standard InChI is InChI=1S/C28H29FN6O2S/c1-4-15-22(24-20(29)5-6-21-23(24)16(9-30)26(31)38-21)19-12-37-11-18(19)17-10-32-27(33-25(15)17)35-8-7-28(13-35,14-36)34(2)3/h5-6,10,36H,4,7-8,11-14,31H2,1-3H3. The van der Waals surface area contributed by atoms with E-state index in [1.807, 2.05) is 27.2 Å². The number of anilines is 2. The van der Waals surface area contributed by atoms with Gasteiger partial charge in [-0.05, 0) is 61.3 Å². The number of hydrogen-bond donors (Lipinski definition) is 2. The molecule has 38 heavy (non-hydrogen) atoms. The molecule has 8 nitrogen and oxygen atoms in total. The lowest BCUT2D eigenvalue weighted by molar-refractivity contribution is 0.0866. The van der Waals surface area contributed by atoms with Crippen molar-refractivity contribution in [2.45, 2.75) is 38.5 Å². The molecule has 4 aromatic rings. The number of hydrogen-bond acceptors (Lipinski definition) is 9. The summed E-state index contributed by atoms with van der Waals surface area (Å²) in [6, 6.07) is 5.33. The van der Waals surface area contributed by atoms with Gasteiger partial charge in [0, 0.05) is 40.3 Å². The van der Waals surface area contributed by atoms with E-state index in [0.717, 1.165) is 50.8 Å². The number of aliphatic hydroxyl groups excluding tert-OH is 1. The lowest BCUT2D eigenvalue weighted by Gasteiger charge is -2.34. The van der Waals surface area contributed by atoms with Gasteiger partial charge in [-0.3, -0.25) is 4.90 Å². The van der Waals surface area contributed by atoms with Crippen LogP contribution in [0.4, 0.5) is 15.3 Å². The van der Waals surface area contributed by atoms with Crippen molar-refractivity contribution in [3.63, 3.8) is 0 Å². The van der Waals surface area contributed by atoms with Crippen LogP contribution in [0.3, 0.4) is 0 Å². The quantitative estimate of drug-likeness (QED) is 0.393. The highest BCUT2D eigenvalue weighted by atomic mass is 32.1. The number of benzene rings is 2. The zero-order valence-corrected chi connectivity index (χ0v) is 22.5. The summed E-state index contributed by atoms with van der Waals surface area (Å²) in [6.07, 6.45) is 3.25. The van der Waals surface area contributed by atoms with E-state index >= 15 is 4.39 Å². The molecule has 2 aliphatic rings. The number of thiophene rings is 1. The maximum atomic E-state index is 15.8. The Bertz CT molecular complexity index is 1640. The summed E-state index contributed by atoms with van der Waals surface area (Å²) >= 11 is 1.30. The number of nitriles is 1. The van der Waals surface area contributed by atoms with Gasteiger partial charge in [-0.25, -0.2) is 14.4 Å². The third-order valence-corrected chi connectivity index (χ3v) is 9.24. The molecule has 6 rings (SSSR count). The van der Waals surface area contributed by atoms with Crippen molar-refractivity contribution in [3.05, 3.63) is 46.4 Å². The van der Waals surface area contributed by atoms with E-state index in [1.54, 1.807) is 6.07 Å². The summed E-state index contributed by atoms with van der Waals surface area (Å²) in [5.41, 5.74) is 10.8. The average molecular weight is 533 g/mol. The van der Waals surface area contributed by atoms with Crippen LogP contribution in [0.25, 0.3) is 32.1 Å². The van der Waals surface area contributed by atoms with Gasteiger partial charge in [-0.15, -0.1) is 11.3 Å². The summed E-state index contributed by atoms with van der Waals surface area (Å²) in [4.78, 5) is 14.0. The molecule has 2 aromatic carbocycles. The summed E-state index contributed by atoms with van der Waals surface area (Å²) in [6.45, 7) is 4.15. The monoisotopic (exact) mass is 532 g/mol. The Morgan fingerprint density at radius 2 is 2.08 bits per heavy atom. The first-order valence-electron chi connectivity index (χ1n) is 12.7. The van der Waals surface area contributed by atoms with Crippen LogP contribution in [0, 0.1) is 17.1 Å². The molecular weight excluding hydrogens is 503 g/mol. The first-order chi connectivity index (χ1) is 18.3. The minimum absolute atomic E-state index is 0.0492. The van der Waals surface area contributed by atoms with E-state index in [0.29, 0.717) is 53.6 Å². The molecule has 1 saturated heterocycles. The molecule has 0 radical (unpaired) electrons. The maximum Gasteiger partial charge on any atom is 0.225 e. The highest BCUT2D eigenvalue weighted by Crippen LogP contribution is 2.47. The number of aliphatic hydroxyl groups is 1. The Balaban J connectivity index is 1.62. The lowest BCUT2D eigenvalue weighted by atomic mass is 9.86. The van der Waals surface area contributed by atoms with Gasteiger partial charge in [0.2, 0.25) is 5.95 Å². The van der Waals surface area contributed by atoms with Crippen molar-refractivity contribution in [1.82, 2.24) is 14.9 Å². The van der Waals surface area contributed by atoms with Crippen LogP contribution in [-0.4, -0.2) is 59.3 Å². The molecule has 4 heterocycles. The van der Waals surface area contributed by atoms with Crippen molar-refractivity contribution in [2.24, 2.45) is 0 Å². The van der Waals surface area contributed by atoms with Crippen molar-refractivity contribution in [3.8, 4) is 17.2 Å². The second kappa shape index (κ2) is 9.13. The van der Waals surface area contributed by atoms with E-state index in [2.05, 4.69) is 15.9 Å². The molecule has 3 N–H and O–H groups in total. The molecule has 10 heteroatoms. The molecule has 1 atom stereocenters. The fourth-order valence-corrected chi connectivity index (χ4v) is 6.95. The zero-order valence-electron chi connectivity index (χ0n) is 21.6. The Hall–Kier alpha value is -3.36. The average Bonchev–Trinajstić information content (AvgIpc) is 3.65. The van der Waals surface area contributed by atoms with Gasteiger partial charge >= 0.3 is 0 Å². The van der Waals surface area contributed by atoms with Crippen molar-refractivity contribution >= 4 is 43.3 Å². The maximum absolute atomic E-state index is 15.8. The minimum atomic E-state index is -0.400. The van der Waals surface area contributed by atoms with Crippen molar-refractivity contribution < 1.29 is 14.2 Å². The third kappa shape index (κ3) is 3.50. The van der Waals surface area contributed by atoms with Crippen molar-refractivity contribution in [2.75, 3.05) is 44.4 Å². The first-order valence-corrected chi connectivity index (χ1v) is 13.5. The van der Waals surface area contributed by atoms with E-state index in [-0.39, 0.29) is 12.1 Å². The van der Waals surface area contributed by atoms with Crippen molar-refractivity contribution in [1.29, 1.82) is 5.26 Å². The SMILES string of the molecule is CCc1c(-c2c(F)ccc3sc(N)c(C#N)c23)c2c(c3cnc(N4CCC(CO)(N(C)C)C4)nc13)COC2. The van der Waals surface area contributed by atoms with Gasteiger partial charge in [0.25, 0.3) is 0 Å². The number of nitrogens with zero attached hydrogens (tertiary/aromatic N) is 5. The number of nitrogens with two attached hydrogens (primary N) is 1.